The molecule has 0 radical (unpaired) electrons. The fourth-order valence-electron chi connectivity index (χ4n) is 1.06. The van der Waals surface area contributed by atoms with Gasteiger partial charge < -0.3 is 14.8 Å². The zero-order chi connectivity index (χ0) is 11.8. The number of nitrogens with zero attached hydrogens (tertiary/aromatic N) is 1. The molecule has 0 atom stereocenters. The molecule has 92 valence electrons. The predicted octanol–water partition coefficient (Wildman–Crippen LogP) is 2.22. The first kappa shape index (κ1) is 15.8. The smallest absolute Gasteiger partial charge is 0.389 e. The molecule has 0 fully saturated rings. The van der Waals surface area contributed by atoms with Gasteiger partial charge in [-0.1, -0.05) is 0 Å². The van der Waals surface area contributed by atoms with Crippen LogP contribution in [0.3, 0.4) is 0 Å². The number of nitrogens with two attached hydrogens (primary N) is 2. The molecule has 2 rings (SSSR count). The summed E-state index contributed by atoms with van der Waals surface area (Å²) in [6, 6.07) is 16.6. The Bertz CT molecular complexity index is 372. The Morgan fingerprint density at radius 3 is 2.00 bits per heavy atom. The van der Waals surface area contributed by atoms with E-state index in [0.29, 0.717) is 5.69 Å². The van der Waals surface area contributed by atoms with Crippen LogP contribution in [0.15, 0.2) is 54.6 Å². The molecule has 0 saturated heterocycles. The van der Waals surface area contributed by atoms with Crippen LogP contribution in [0, 0.1) is 0 Å². The Kier molecular flexibility index (Phi) is 8.27. The SMILES string of the molecule is NSN(C(N)=O)[c-]1cccc1.[Fe+2].c1cc[cH-]c1. The van der Waals surface area contributed by atoms with Crippen molar-refractivity contribution >= 4 is 23.9 Å². The average Bonchev–Trinajstić information content (AvgIpc) is 2.94. The zero-order valence-electron chi connectivity index (χ0n) is 8.97. The molecule has 17 heavy (non-hydrogen) atoms. The van der Waals surface area contributed by atoms with Crippen molar-refractivity contribution < 1.29 is 21.9 Å². The molecule has 4 nitrogen and oxygen atoms in total. The minimum absolute atomic E-state index is 0. The Morgan fingerprint density at radius 1 is 1.18 bits per heavy atom. The average molecular weight is 291 g/mol. The molecule has 2 amide bonds. The number of amides is 2. The van der Waals surface area contributed by atoms with E-state index in [1.807, 2.05) is 42.5 Å². The van der Waals surface area contributed by atoms with Crippen LogP contribution in [0.2, 0.25) is 0 Å². The van der Waals surface area contributed by atoms with Crippen molar-refractivity contribution in [3.05, 3.63) is 54.6 Å². The Morgan fingerprint density at radius 2 is 1.71 bits per heavy atom. The molecular formula is C11H13FeN3OS. The number of anilines is 1. The second kappa shape index (κ2) is 8.90. The van der Waals surface area contributed by atoms with Crippen molar-refractivity contribution in [2.45, 2.75) is 0 Å². The van der Waals surface area contributed by atoms with Crippen LogP contribution in [0.1, 0.15) is 0 Å². The van der Waals surface area contributed by atoms with Crippen LogP contribution in [0.25, 0.3) is 0 Å². The molecule has 0 heterocycles. The van der Waals surface area contributed by atoms with E-state index in [9.17, 15) is 4.79 Å². The summed E-state index contributed by atoms with van der Waals surface area (Å²) in [4.78, 5) is 10.7. The van der Waals surface area contributed by atoms with Crippen molar-refractivity contribution in [1.82, 2.24) is 0 Å². The quantitative estimate of drug-likeness (QED) is 0.506. The number of carbonyl (C=O) groups excluding carboxylic acids is 1. The van der Waals surface area contributed by atoms with Gasteiger partial charge in [0.25, 0.3) is 6.03 Å². The van der Waals surface area contributed by atoms with Crippen LogP contribution in [-0.2, 0) is 17.1 Å². The molecule has 0 aliphatic carbocycles. The summed E-state index contributed by atoms with van der Waals surface area (Å²) in [5, 5.41) is 5.21. The largest absolute Gasteiger partial charge is 2.00 e. The fraction of sp³-hybridized carbons (Fsp3) is 0. The Hall–Kier alpha value is -1.20. The van der Waals surface area contributed by atoms with Crippen molar-refractivity contribution in [2.24, 2.45) is 10.9 Å². The van der Waals surface area contributed by atoms with Gasteiger partial charge in [-0.3, -0.25) is 5.14 Å². The van der Waals surface area contributed by atoms with Gasteiger partial charge in [-0.2, -0.15) is 30.3 Å². The maximum absolute atomic E-state index is 10.7. The van der Waals surface area contributed by atoms with Crippen LogP contribution >= 0.6 is 12.1 Å². The molecule has 0 bridgehead atoms. The molecule has 0 saturated carbocycles. The topological polar surface area (TPSA) is 72.3 Å². The second-order valence-corrected chi connectivity index (χ2v) is 3.42. The van der Waals surface area contributed by atoms with Crippen molar-refractivity contribution in [3.63, 3.8) is 0 Å². The number of rotatable bonds is 2. The maximum Gasteiger partial charge on any atom is 2.00 e. The van der Waals surface area contributed by atoms with Gasteiger partial charge in [-0.05, 0) is 5.69 Å². The standard InChI is InChI=1S/C6H8N3OS.C5H5.Fe/c7-6(10)9(11-8)5-3-1-2-4-5;1-2-4-5-3-1;/h1-4H,8H2,(H2,7,10);1-5H;/q2*-1;+2. The van der Waals surface area contributed by atoms with Crippen molar-refractivity contribution in [3.8, 4) is 0 Å². The minimum Gasteiger partial charge on any atom is -0.389 e. The monoisotopic (exact) mass is 291 g/mol. The summed E-state index contributed by atoms with van der Waals surface area (Å²) in [6.45, 7) is 0. The number of hydrogen-bond acceptors (Lipinski definition) is 3. The zero-order valence-corrected chi connectivity index (χ0v) is 10.9. The van der Waals surface area contributed by atoms with E-state index in [1.54, 1.807) is 12.1 Å². The summed E-state index contributed by atoms with van der Waals surface area (Å²) >= 11 is 0.795. The molecule has 2 aromatic rings. The van der Waals surface area contributed by atoms with Gasteiger partial charge in [0, 0.05) is 12.1 Å². The third-order valence-corrected chi connectivity index (χ3v) is 2.34. The molecular weight excluding hydrogens is 278 g/mol. The van der Waals surface area contributed by atoms with Crippen molar-refractivity contribution in [1.29, 1.82) is 0 Å². The van der Waals surface area contributed by atoms with Gasteiger partial charge in [-0.25, -0.2) is 12.1 Å². The van der Waals surface area contributed by atoms with Gasteiger partial charge in [0.15, 0.2) is 0 Å². The first-order chi connectivity index (χ1) is 7.75. The number of primary amides is 1. The predicted molar refractivity (Wildman–Crippen MR) is 67.9 cm³/mol. The first-order valence-corrected chi connectivity index (χ1v) is 5.44. The van der Waals surface area contributed by atoms with E-state index in [1.165, 1.54) is 4.31 Å². The van der Waals surface area contributed by atoms with Gasteiger partial charge in [0.05, 0.1) is 0 Å². The third-order valence-electron chi connectivity index (χ3n) is 1.74. The molecule has 0 aromatic heterocycles. The number of carbonyl (C=O) groups is 1. The molecule has 2 aromatic carbocycles. The fourth-order valence-corrected chi connectivity index (χ4v) is 1.41. The van der Waals surface area contributed by atoms with E-state index in [2.05, 4.69) is 0 Å². The third kappa shape index (κ3) is 5.60. The van der Waals surface area contributed by atoms with Gasteiger partial charge in [0.2, 0.25) is 0 Å². The van der Waals surface area contributed by atoms with Gasteiger partial charge >= 0.3 is 17.1 Å². The van der Waals surface area contributed by atoms with E-state index >= 15 is 0 Å². The molecule has 0 aliphatic rings. The summed E-state index contributed by atoms with van der Waals surface area (Å²) in [5.74, 6) is 0. The Labute approximate surface area is 115 Å². The number of urea groups is 1. The molecule has 0 unspecified atom stereocenters. The van der Waals surface area contributed by atoms with E-state index in [0.717, 1.165) is 12.1 Å². The summed E-state index contributed by atoms with van der Waals surface area (Å²) in [5.41, 5.74) is 5.72. The maximum atomic E-state index is 10.7. The van der Waals surface area contributed by atoms with Crippen molar-refractivity contribution in [2.75, 3.05) is 4.31 Å². The molecule has 0 aliphatic heterocycles. The van der Waals surface area contributed by atoms with E-state index in [-0.39, 0.29) is 17.1 Å². The van der Waals surface area contributed by atoms with Crippen LogP contribution < -0.4 is 15.2 Å². The first-order valence-electron chi connectivity index (χ1n) is 4.60. The van der Waals surface area contributed by atoms with E-state index < -0.39 is 6.03 Å². The van der Waals surface area contributed by atoms with Crippen LogP contribution in [-0.4, -0.2) is 6.03 Å². The normalized spacial score (nSPS) is 8.53. The van der Waals surface area contributed by atoms with Crippen LogP contribution in [0.4, 0.5) is 10.5 Å². The molecule has 4 N–H and O–H groups in total. The van der Waals surface area contributed by atoms with E-state index in [4.69, 9.17) is 10.9 Å². The summed E-state index contributed by atoms with van der Waals surface area (Å²) in [7, 11) is 0. The molecule has 0 spiro atoms. The van der Waals surface area contributed by atoms with Gasteiger partial charge in [0.1, 0.15) is 0 Å². The Balaban J connectivity index is 0.000000360. The minimum atomic E-state index is -0.566. The van der Waals surface area contributed by atoms with Crippen LogP contribution in [0.5, 0.6) is 0 Å². The molecule has 6 heteroatoms. The summed E-state index contributed by atoms with van der Waals surface area (Å²) in [6.07, 6.45) is 0. The summed E-state index contributed by atoms with van der Waals surface area (Å²) < 4.78 is 1.21. The number of hydrogen-bond donors (Lipinski definition) is 2. The van der Waals surface area contributed by atoms with Gasteiger partial charge in [-0.15, -0.1) is 12.1 Å². The second-order valence-electron chi connectivity index (χ2n) is 2.84.